The van der Waals surface area contributed by atoms with Crippen molar-refractivity contribution in [2.75, 3.05) is 0 Å². The van der Waals surface area contributed by atoms with Gasteiger partial charge in [-0.05, 0) is 73.3 Å². The molecule has 2 aromatic carbocycles. The first-order valence-corrected chi connectivity index (χ1v) is 47.4. The van der Waals surface area contributed by atoms with Gasteiger partial charge in [0.15, 0.2) is 0 Å². The van der Waals surface area contributed by atoms with Crippen molar-refractivity contribution in [1.82, 2.24) is 0 Å². The van der Waals surface area contributed by atoms with Crippen LogP contribution in [0.25, 0.3) is 11.1 Å². The maximum atomic E-state index is 9.76. The molecule has 0 amide bonds. The largest absolute Gasteiger partial charge is 2.00 e. The van der Waals surface area contributed by atoms with Crippen molar-refractivity contribution in [2.45, 2.75) is 536 Å². The Bertz CT molecular complexity index is 1990. The van der Waals surface area contributed by atoms with Crippen molar-refractivity contribution < 1.29 is 21.3 Å². The van der Waals surface area contributed by atoms with Gasteiger partial charge < -0.3 is 19.4 Å². The van der Waals surface area contributed by atoms with Gasteiger partial charge in [0.2, 0.25) is 0 Å². The number of benzene rings is 2. The van der Waals surface area contributed by atoms with Gasteiger partial charge in [-0.15, -0.1) is 4.79 Å². The van der Waals surface area contributed by atoms with Crippen molar-refractivity contribution in [2.24, 2.45) is 0 Å². The number of rotatable bonds is 78. The summed E-state index contributed by atoms with van der Waals surface area (Å²) in [5.41, 5.74) is 18.7. The summed E-state index contributed by atoms with van der Waals surface area (Å²) < 4.78 is 0. The zero-order valence-electron chi connectivity index (χ0n) is 71.7. The first-order chi connectivity index (χ1) is 51.0. The number of allylic oxidation sites excluding steroid dienone is 2. The van der Waals surface area contributed by atoms with E-state index in [0.717, 1.165) is 56.9 Å². The Morgan fingerprint density at radius 2 is 0.538 bits per heavy atom. The van der Waals surface area contributed by atoms with Gasteiger partial charge >= 0.3 is 22.4 Å². The molecule has 0 heterocycles. The molecule has 608 valence electrons. The fourth-order valence-electron chi connectivity index (χ4n) is 15.5. The van der Waals surface area contributed by atoms with Crippen LogP contribution in [0.15, 0.2) is 59.7 Å². The molecule has 2 rings (SSSR count). The number of hydrogen-bond donors (Lipinski definition) is 0. The summed E-state index contributed by atoms with van der Waals surface area (Å²) in [5, 5.41) is 0. The predicted octanol–water partition coefficient (Wildman–Crippen LogP) is 36.6. The summed E-state index contributed by atoms with van der Waals surface area (Å²) in [5.74, 6) is 3.07. The van der Waals surface area contributed by atoms with E-state index in [1.54, 1.807) is 0 Å². The quantitative estimate of drug-likeness (QED) is 0.0120. The molecule has 0 bridgehead atoms. The Morgan fingerprint density at radius 1 is 0.288 bits per heavy atom. The molecule has 0 atom stereocenters. The van der Waals surface area contributed by atoms with Crippen LogP contribution in [0.5, 0.6) is 0 Å². The van der Waals surface area contributed by atoms with Crippen LogP contribution in [0, 0.1) is 20.8 Å². The second-order valence-electron chi connectivity index (χ2n) is 32.8. The molecule has 0 radical (unpaired) electrons. The molecular weight excluding hydrogens is 1300 g/mol. The monoisotopic (exact) mass is 1480 g/mol. The minimum Gasteiger partial charge on any atom is -0.348 e. The van der Waals surface area contributed by atoms with Gasteiger partial charge in [-0.2, -0.15) is 12.8 Å². The van der Waals surface area contributed by atoms with E-state index in [2.05, 4.69) is 115 Å². The zero-order chi connectivity index (χ0) is 74.6. The summed E-state index contributed by atoms with van der Waals surface area (Å²) in [6.45, 7) is 21.4. The molecule has 0 aromatic heterocycles. The summed E-state index contributed by atoms with van der Waals surface area (Å²) >= 11 is 0. The molecule has 0 unspecified atom stereocenters. The Hall–Kier alpha value is -2.17. The third-order valence-electron chi connectivity index (χ3n) is 22.5. The summed E-state index contributed by atoms with van der Waals surface area (Å²) in [6.07, 6.45) is 108. The summed E-state index contributed by atoms with van der Waals surface area (Å²) in [7, 11) is 0. The van der Waals surface area contributed by atoms with Gasteiger partial charge in [0.05, 0.1) is 5.57 Å². The molecule has 2 nitrogen and oxygen atoms in total. The van der Waals surface area contributed by atoms with E-state index in [-0.39, 0.29) is 16.5 Å². The molecule has 0 fully saturated rings. The van der Waals surface area contributed by atoms with Crippen LogP contribution in [0.1, 0.15) is 545 Å². The minimum atomic E-state index is 0. The Morgan fingerprint density at radius 3 is 0.798 bits per heavy atom. The average Bonchev–Trinajstić information content (AvgIpc) is 0.803. The first-order valence-electron chi connectivity index (χ1n) is 47.4. The molecule has 2 aromatic rings. The van der Waals surface area contributed by atoms with E-state index in [1.165, 1.54) is 476 Å². The molecule has 3 heteroatoms. The normalized spacial score (nSPS) is 11.4. The number of unbranched alkanes of at least 4 members (excludes halogenated alkanes) is 69. The van der Waals surface area contributed by atoms with Crippen LogP contribution in [0.4, 0.5) is 0 Å². The predicted molar refractivity (Wildman–Crippen MR) is 469 cm³/mol. The zero-order valence-corrected chi connectivity index (χ0v) is 72.7. The molecule has 0 aliphatic rings. The molecule has 0 aliphatic heterocycles. The smallest absolute Gasteiger partial charge is 0.348 e. The van der Waals surface area contributed by atoms with E-state index < -0.39 is 0 Å². The van der Waals surface area contributed by atoms with Crippen molar-refractivity contribution in [1.29, 1.82) is 0 Å². The van der Waals surface area contributed by atoms with Gasteiger partial charge in [0, 0.05) is 0 Å². The van der Waals surface area contributed by atoms with Gasteiger partial charge in [-0.3, -0.25) is 0 Å². The maximum absolute atomic E-state index is 9.76. The number of hydrogen-bond acceptors (Lipinski definition) is 0. The fourth-order valence-corrected chi connectivity index (χ4v) is 15.5. The van der Waals surface area contributed by atoms with Crippen LogP contribution in [0.3, 0.4) is 0 Å². The molecule has 104 heavy (non-hydrogen) atoms. The van der Waals surface area contributed by atoms with E-state index in [1.807, 2.05) is 0 Å². The first kappa shape index (κ1) is 104. The summed E-state index contributed by atoms with van der Waals surface area (Å²) in [4.78, 5) is 3.49. The van der Waals surface area contributed by atoms with Crippen molar-refractivity contribution in [3.05, 3.63) is 101 Å². The Labute approximate surface area is 665 Å². The van der Waals surface area contributed by atoms with Gasteiger partial charge in [0.25, 0.3) is 0 Å². The molecule has 0 spiro atoms. The van der Waals surface area contributed by atoms with Gasteiger partial charge in [0.1, 0.15) is 0 Å². The topological polar surface area (TPSA) is 36.4 Å². The van der Waals surface area contributed by atoms with E-state index in [9.17, 15) is 5.53 Å². The molecular formula is C101H184N2Ni. The van der Waals surface area contributed by atoms with E-state index in [4.69, 9.17) is 0 Å². The van der Waals surface area contributed by atoms with Crippen LogP contribution >= 0.6 is 0 Å². The SMILES string of the molecule is CCCCCCCCCCCCCCCCCCCCCCCCCCc1cccc(C(=C(CCCC)C(=C=[N+]=[N-])CCCCCCCC)c2ccc(C)cc2)c1.[CH2-]CCCCCCCCCCCCCCCCCCCCCC.[CH2-]CCCCCCCCCCCCCCCCCCCCCC.[Ni+2]. The Balaban J connectivity index is 0. The molecule has 0 aliphatic carbocycles. The third kappa shape index (κ3) is 74.0. The maximum Gasteiger partial charge on any atom is 2.00 e. The van der Waals surface area contributed by atoms with Crippen molar-refractivity contribution >= 4 is 11.4 Å². The molecule has 0 saturated heterocycles. The van der Waals surface area contributed by atoms with Gasteiger partial charge in [-0.25, -0.2) is 0 Å². The summed E-state index contributed by atoms with van der Waals surface area (Å²) in [6, 6.07) is 18.3. The van der Waals surface area contributed by atoms with Crippen LogP contribution in [0.2, 0.25) is 0 Å². The third-order valence-corrected chi connectivity index (χ3v) is 22.5. The average molecular weight is 1490 g/mol. The number of aryl methyl sites for hydroxylation is 2. The molecule has 0 N–H and O–H groups in total. The number of nitrogens with zero attached hydrogens (tertiary/aromatic N) is 2. The standard InChI is InChI=1S/C55H90N2.2C23H47.Ni/c1-5-8-11-13-15-16-17-18-19-20-21-22-23-24-25-26-27-28-29-30-31-32-33-35-38-50-39-37-41-52(47-50)55(51-45-43-49(4)44-46-51)54(42-10-7-3)53(48-57-56)40-36-34-14-12-9-6-2;2*1-3-5-7-9-11-13-15-17-19-21-23-22-20-18-16-14-12-10-8-6-4-2;/h37,39,41,43-47H,5-36,38,40,42H2,1-4H3;2*1,3-23H2,2H3;/q;2*-1;+2. The van der Waals surface area contributed by atoms with Crippen molar-refractivity contribution in [3.8, 4) is 0 Å². The van der Waals surface area contributed by atoms with E-state index >= 15 is 0 Å². The second kappa shape index (κ2) is 89.7. The van der Waals surface area contributed by atoms with Crippen molar-refractivity contribution in [3.63, 3.8) is 0 Å². The van der Waals surface area contributed by atoms with Crippen LogP contribution < -0.4 is 0 Å². The second-order valence-corrected chi connectivity index (χ2v) is 32.8. The van der Waals surface area contributed by atoms with Gasteiger partial charge in [-0.1, -0.05) is 532 Å². The molecule has 0 saturated carbocycles. The van der Waals surface area contributed by atoms with Crippen LogP contribution in [-0.2, 0) is 22.9 Å². The Kier molecular flexibility index (Phi) is 89.6. The van der Waals surface area contributed by atoms with E-state index in [0.29, 0.717) is 0 Å². The van der Waals surface area contributed by atoms with Crippen LogP contribution in [-0.4, -0.2) is 10.7 Å². The minimum absolute atomic E-state index is 0. The fraction of sp³-hybridized carbons (Fsp3) is 0.822.